The molecule has 1 aromatic carbocycles. The van der Waals surface area contributed by atoms with E-state index in [0.29, 0.717) is 34.4 Å². The second-order valence-corrected chi connectivity index (χ2v) is 4.71. The summed E-state index contributed by atoms with van der Waals surface area (Å²) in [5, 5.41) is 0.737. The van der Waals surface area contributed by atoms with E-state index in [-0.39, 0.29) is 11.8 Å². The lowest BCUT2D eigenvalue weighted by Gasteiger charge is -2.18. The Morgan fingerprint density at radius 2 is 2.06 bits per heavy atom. The molecule has 0 radical (unpaired) electrons. The van der Waals surface area contributed by atoms with Crippen molar-refractivity contribution in [1.29, 1.82) is 0 Å². The number of rotatable bonds is 1. The molecule has 0 aromatic heterocycles. The van der Waals surface area contributed by atoms with Crippen LogP contribution in [0, 0.1) is 18.3 Å². The molecule has 0 aliphatic carbocycles. The Hall–Kier alpha value is -1.37. The third-order valence-corrected chi connectivity index (χ3v) is 3.44. The van der Waals surface area contributed by atoms with Gasteiger partial charge in [0.15, 0.2) is 0 Å². The zero-order chi connectivity index (χ0) is 12.6. The Balaban J connectivity index is 2.39. The molecule has 17 heavy (non-hydrogen) atoms. The molecule has 2 N–H and O–H groups in total. The molecule has 1 aliphatic rings. The number of carbonyl (C=O) groups is 1. The number of carbonyl (C=O) groups excluding carboxylic acids is 1. The van der Waals surface area contributed by atoms with Gasteiger partial charge in [0.1, 0.15) is 0 Å². The molecule has 0 spiro atoms. The van der Waals surface area contributed by atoms with Gasteiger partial charge in [-0.05, 0) is 12.1 Å². The summed E-state index contributed by atoms with van der Waals surface area (Å²) in [6.45, 7) is 0.470. The number of hydrogen-bond acceptors (Lipinski definition) is 2. The number of nitrogens with two attached hydrogens (primary N) is 1. The predicted octanol–water partition coefficient (Wildman–Crippen LogP) is 2.56. The summed E-state index contributed by atoms with van der Waals surface area (Å²) in [7, 11) is 0. The number of terminal acetylenes is 1. The molecule has 3 nitrogen and oxygen atoms in total. The first-order chi connectivity index (χ1) is 8.02. The summed E-state index contributed by atoms with van der Waals surface area (Å²) in [6, 6.07) is 3.13. The lowest BCUT2D eigenvalue weighted by molar-refractivity contribution is -0.117. The van der Waals surface area contributed by atoms with Gasteiger partial charge in [0.2, 0.25) is 5.91 Å². The van der Waals surface area contributed by atoms with E-state index in [9.17, 15) is 4.79 Å². The van der Waals surface area contributed by atoms with Crippen LogP contribution in [0.3, 0.4) is 0 Å². The monoisotopic (exact) mass is 268 g/mol. The Bertz CT molecular complexity index is 522. The van der Waals surface area contributed by atoms with Crippen molar-refractivity contribution in [3.8, 4) is 12.3 Å². The molecule has 0 bridgehead atoms. The standard InChI is InChI=1S/C12H10Cl2N2O/c1-2-7-3-12(17)16(6-7)11-5-9(14)8(13)4-10(11)15/h1,4-5,7H,3,6,15H2. The minimum absolute atomic E-state index is 0.0435. The molecule has 1 aromatic rings. The van der Waals surface area contributed by atoms with Gasteiger partial charge in [0, 0.05) is 18.9 Å². The van der Waals surface area contributed by atoms with E-state index in [1.165, 1.54) is 6.07 Å². The minimum Gasteiger partial charge on any atom is -0.397 e. The highest BCUT2D eigenvalue weighted by Gasteiger charge is 2.30. The number of amides is 1. The second kappa shape index (κ2) is 4.48. The van der Waals surface area contributed by atoms with Crippen LogP contribution in [0.5, 0.6) is 0 Å². The normalized spacial score (nSPS) is 19.5. The first-order valence-corrected chi connectivity index (χ1v) is 5.79. The fourth-order valence-corrected chi connectivity index (χ4v) is 2.17. The van der Waals surface area contributed by atoms with Gasteiger partial charge in [0.25, 0.3) is 0 Å². The molecule has 1 atom stereocenters. The van der Waals surface area contributed by atoms with Crippen LogP contribution in [-0.2, 0) is 4.79 Å². The van der Waals surface area contributed by atoms with Crippen molar-refractivity contribution in [3.05, 3.63) is 22.2 Å². The van der Waals surface area contributed by atoms with E-state index in [0.717, 1.165) is 0 Å². The van der Waals surface area contributed by atoms with Crippen LogP contribution in [0.15, 0.2) is 12.1 Å². The van der Waals surface area contributed by atoms with Crippen molar-refractivity contribution in [3.63, 3.8) is 0 Å². The summed E-state index contributed by atoms with van der Waals surface area (Å²) in [5.74, 6) is 2.46. The van der Waals surface area contributed by atoms with Crippen LogP contribution >= 0.6 is 23.2 Å². The van der Waals surface area contributed by atoms with Crippen LogP contribution < -0.4 is 10.6 Å². The summed E-state index contributed by atoms with van der Waals surface area (Å²) in [4.78, 5) is 13.3. The van der Waals surface area contributed by atoms with Crippen molar-refractivity contribution in [2.75, 3.05) is 17.2 Å². The van der Waals surface area contributed by atoms with Crippen LogP contribution in [0.25, 0.3) is 0 Å². The zero-order valence-electron chi connectivity index (χ0n) is 8.91. The molecule has 1 saturated heterocycles. The fraction of sp³-hybridized carbons (Fsp3) is 0.250. The molecule has 2 rings (SSSR count). The minimum atomic E-state index is -0.0728. The van der Waals surface area contributed by atoms with Gasteiger partial charge < -0.3 is 10.6 Å². The number of anilines is 2. The van der Waals surface area contributed by atoms with E-state index >= 15 is 0 Å². The van der Waals surface area contributed by atoms with E-state index in [1.54, 1.807) is 11.0 Å². The van der Waals surface area contributed by atoms with Gasteiger partial charge in [-0.1, -0.05) is 23.2 Å². The third-order valence-electron chi connectivity index (χ3n) is 2.72. The van der Waals surface area contributed by atoms with Crippen LogP contribution in [0.1, 0.15) is 6.42 Å². The Morgan fingerprint density at radius 1 is 1.41 bits per heavy atom. The van der Waals surface area contributed by atoms with Gasteiger partial charge >= 0.3 is 0 Å². The smallest absolute Gasteiger partial charge is 0.228 e. The largest absolute Gasteiger partial charge is 0.397 e. The average Bonchev–Trinajstić information content (AvgIpc) is 2.65. The van der Waals surface area contributed by atoms with Crippen molar-refractivity contribution < 1.29 is 4.79 Å². The number of nitrogens with zero attached hydrogens (tertiary/aromatic N) is 1. The highest BCUT2D eigenvalue weighted by molar-refractivity contribution is 6.42. The van der Waals surface area contributed by atoms with Crippen molar-refractivity contribution in [2.45, 2.75) is 6.42 Å². The summed E-state index contributed by atoms with van der Waals surface area (Å²) >= 11 is 11.8. The number of halogens is 2. The van der Waals surface area contributed by atoms with E-state index in [4.69, 9.17) is 35.4 Å². The molecule has 0 saturated carbocycles. The van der Waals surface area contributed by atoms with Gasteiger partial charge in [-0.25, -0.2) is 0 Å². The zero-order valence-corrected chi connectivity index (χ0v) is 10.4. The van der Waals surface area contributed by atoms with Crippen LogP contribution in [0.4, 0.5) is 11.4 Å². The van der Waals surface area contributed by atoms with Gasteiger partial charge in [0.05, 0.1) is 21.4 Å². The van der Waals surface area contributed by atoms with Crippen molar-refractivity contribution >= 4 is 40.5 Å². The molecule has 1 unspecified atom stereocenters. The van der Waals surface area contributed by atoms with Crippen molar-refractivity contribution in [2.24, 2.45) is 5.92 Å². The number of hydrogen-bond donors (Lipinski definition) is 1. The maximum absolute atomic E-state index is 11.8. The molecule has 1 fully saturated rings. The highest BCUT2D eigenvalue weighted by atomic mass is 35.5. The topological polar surface area (TPSA) is 46.3 Å². The van der Waals surface area contributed by atoms with Crippen LogP contribution in [-0.4, -0.2) is 12.5 Å². The van der Waals surface area contributed by atoms with Crippen molar-refractivity contribution in [1.82, 2.24) is 0 Å². The quantitative estimate of drug-likeness (QED) is 0.629. The first-order valence-electron chi connectivity index (χ1n) is 5.04. The lowest BCUT2D eigenvalue weighted by atomic mass is 10.1. The molecule has 1 aliphatic heterocycles. The maximum atomic E-state index is 11.8. The molecular formula is C12H10Cl2N2O. The molecular weight excluding hydrogens is 259 g/mol. The maximum Gasteiger partial charge on any atom is 0.228 e. The molecule has 1 amide bonds. The van der Waals surface area contributed by atoms with Crippen LogP contribution in [0.2, 0.25) is 10.0 Å². The summed E-state index contributed by atoms with van der Waals surface area (Å²) in [6.07, 6.45) is 5.66. The summed E-state index contributed by atoms with van der Waals surface area (Å²) in [5.41, 5.74) is 6.82. The van der Waals surface area contributed by atoms with Gasteiger partial charge in [-0.3, -0.25) is 4.79 Å². The van der Waals surface area contributed by atoms with E-state index in [2.05, 4.69) is 5.92 Å². The molecule has 88 valence electrons. The second-order valence-electron chi connectivity index (χ2n) is 3.90. The average molecular weight is 269 g/mol. The van der Waals surface area contributed by atoms with Gasteiger partial charge in [-0.15, -0.1) is 12.3 Å². The Kier molecular flexibility index (Phi) is 3.19. The SMILES string of the molecule is C#CC1CC(=O)N(c2cc(Cl)c(Cl)cc2N)C1. The van der Waals surface area contributed by atoms with E-state index in [1.807, 2.05) is 0 Å². The Morgan fingerprint density at radius 3 is 2.65 bits per heavy atom. The lowest BCUT2D eigenvalue weighted by Crippen LogP contribution is -2.25. The number of benzene rings is 1. The summed E-state index contributed by atoms with van der Waals surface area (Å²) < 4.78 is 0. The van der Waals surface area contributed by atoms with Gasteiger partial charge in [-0.2, -0.15) is 0 Å². The highest BCUT2D eigenvalue weighted by Crippen LogP contribution is 2.35. The first kappa shape index (κ1) is 12.1. The van der Waals surface area contributed by atoms with E-state index < -0.39 is 0 Å². The molecule has 5 heteroatoms. The third kappa shape index (κ3) is 2.19. The Labute approximate surface area is 109 Å². The number of nitrogen functional groups attached to an aromatic ring is 1. The predicted molar refractivity (Wildman–Crippen MR) is 70.2 cm³/mol. The molecule has 1 heterocycles. The fourth-order valence-electron chi connectivity index (χ4n) is 1.84.